The number of carbonyl (C=O) groups excluding carboxylic acids is 1. The van der Waals surface area contributed by atoms with E-state index in [1.807, 2.05) is 24.3 Å². The Morgan fingerprint density at radius 1 is 1.33 bits per heavy atom. The van der Waals surface area contributed by atoms with E-state index in [0.29, 0.717) is 32.8 Å². The Bertz CT molecular complexity index is 406. The first-order chi connectivity index (χ1) is 8.77. The highest BCUT2D eigenvalue weighted by atomic mass is 35.5. The van der Waals surface area contributed by atoms with Gasteiger partial charge in [0, 0.05) is 24.7 Å². The number of halogens is 1. The number of nitrogens with one attached hydrogen (secondary N) is 1. The van der Waals surface area contributed by atoms with Gasteiger partial charge in [-0.15, -0.1) is 0 Å². The number of amides is 2. The summed E-state index contributed by atoms with van der Waals surface area (Å²) in [6.45, 7) is 3.17. The van der Waals surface area contributed by atoms with Crippen molar-refractivity contribution in [2.75, 3.05) is 32.8 Å². The molecule has 0 unspecified atom stereocenters. The molecule has 2 rings (SSSR count). The first kappa shape index (κ1) is 13.2. The van der Waals surface area contributed by atoms with E-state index >= 15 is 0 Å². The van der Waals surface area contributed by atoms with Gasteiger partial charge in [0.25, 0.3) is 0 Å². The molecule has 18 heavy (non-hydrogen) atoms. The van der Waals surface area contributed by atoms with Gasteiger partial charge in [-0.05, 0) is 18.1 Å². The van der Waals surface area contributed by atoms with Gasteiger partial charge in [-0.1, -0.05) is 29.8 Å². The van der Waals surface area contributed by atoms with Crippen molar-refractivity contribution in [3.63, 3.8) is 0 Å². The summed E-state index contributed by atoms with van der Waals surface area (Å²) in [6.07, 6.45) is 0.746. The van der Waals surface area contributed by atoms with E-state index in [2.05, 4.69) is 5.32 Å². The van der Waals surface area contributed by atoms with E-state index in [4.69, 9.17) is 16.3 Å². The highest BCUT2D eigenvalue weighted by Crippen LogP contribution is 2.14. The summed E-state index contributed by atoms with van der Waals surface area (Å²) in [5.41, 5.74) is 1.06. The van der Waals surface area contributed by atoms with Crippen LogP contribution in [0, 0.1) is 0 Å². The molecule has 0 atom stereocenters. The van der Waals surface area contributed by atoms with Crippen LogP contribution in [0.2, 0.25) is 5.02 Å². The van der Waals surface area contributed by atoms with Gasteiger partial charge < -0.3 is 15.0 Å². The van der Waals surface area contributed by atoms with Crippen LogP contribution in [0.25, 0.3) is 0 Å². The third-order valence-electron chi connectivity index (χ3n) is 2.93. The third kappa shape index (κ3) is 3.62. The number of rotatable bonds is 3. The minimum atomic E-state index is -0.0228. The lowest BCUT2D eigenvalue weighted by molar-refractivity contribution is 0.0533. The van der Waals surface area contributed by atoms with Crippen molar-refractivity contribution >= 4 is 17.6 Å². The number of urea groups is 1. The highest BCUT2D eigenvalue weighted by Gasteiger charge is 2.15. The fraction of sp³-hybridized carbons (Fsp3) is 0.462. The van der Waals surface area contributed by atoms with E-state index in [-0.39, 0.29) is 6.03 Å². The number of carbonyl (C=O) groups is 1. The summed E-state index contributed by atoms with van der Waals surface area (Å²) in [4.78, 5) is 13.6. The average Bonchev–Trinajstić information content (AvgIpc) is 2.42. The molecule has 4 nitrogen and oxygen atoms in total. The molecule has 0 aliphatic carbocycles. The first-order valence-corrected chi connectivity index (χ1v) is 6.49. The molecule has 1 heterocycles. The van der Waals surface area contributed by atoms with Crippen LogP contribution in [0.3, 0.4) is 0 Å². The van der Waals surface area contributed by atoms with Gasteiger partial charge in [-0.25, -0.2) is 4.79 Å². The van der Waals surface area contributed by atoms with Crippen molar-refractivity contribution in [1.82, 2.24) is 10.2 Å². The minimum absolute atomic E-state index is 0.0228. The number of hydrogen-bond donors (Lipinski definition) is 1. The molecule has 1 aliphatic heterocycles. The maximum Gasteiger partial charge on any atom is 0.317 e. The molecule has 1 N–H and O–H groups in total. The predicted octanol–water partition coefficient (Wildman–Crippen LogP) is 1.92. The number of benzene rings is 1. The Hall–Kier alpha value is -1.26. The SMILES string of the molecule is O=C(NCCc1ccccc1Cl)N1CCOCC1. The van der Waals surface area contributed by atoms with Crippen LogP contribution >= 0.6 is 11.6 Å². The molecular formula is C13H17ClN2O2. The summed E-state index contributed by atoms with van der Waals surface area (Å²) in [6, 6.07) is 7.66. The van der Waals surface area contributed by atoms with Gasteiger partial charge in [0.05, 0.1) is 13.2 Å². The van der Waals surface area contributed by atoms with Crippen LogP contribution < -0.4 is 5.32 Å². The molecule has 1 aromatic rings. The number of ether oxygens (including phenoxy) is 1. The maximum absolute atomic E-state index is 11.8. The topological polar surface area (TPSA) is 41.6 Å². The van der Waals surface area contributed by atoms with E-state index < -0.39 is 0 Å². The summed E-state index contributed by atoms with van der Waals surface area (Å²) in [5, 5.41) is 3.65. The summed E-state index contributed by atoms with van der Waals surface area (Å²) in [7, 11) is 0. The number of nitrogens with zero attached hydrogens (tertiary/aromatic N) is 1. The molecule has 2 amide bonds. The molecule has 1 saturated heterocycles. The Morgan fingerprint density at radius 2 is 2.06 bits per heavy atom. The predicted molar refractivity (Wildman–Crippen MR) is 70.9 cm³/mol. The second kappa shape index (κ2) is 6.61. The van der Waals surface area contributed by atoms with Crippen LogP contribution in [0.5, 0.6) is 0 Å². The number of hydrogen-bond acceptors (Lipinski definition) is 2. The monoisotopic (exact) mass is 268 g/mol. The van der Waals surface area contributed by atoms with Crippen molar-refractivity contribution < 1.29 is 9.53 Å². The normalized spacial score (nSPS) is 15.5. The van der Waals surface area contributed by atoms with E-state index in [1.54, 1.807) is 4.90 Å². The van der Waals surface area contributed by atoms with Crippen molar-refractivity contribution in [1.29, 1.82) is 0 Å². The van der Waals surface area contributed by atoms with Crippen LogP contribution in [0.15, 0.2) is 24.3 Å². The average molecular weight is 269 g/mol. The van der Waals surface area contributed by atoms with Crippen molar-refractivity contribution in [2.24, 2.45) is 0 Å². The van der Waals surface area contributed by atoms with E-state index in [9.17, 15) is 4.79 Å². The second-order valence-electron chi connectivity index (χ2n) is 4.17. The van der Waals surface area contributed by atoms with E-state index in [1.165, 1.54) is 0 Å². The van der Waals surface area contributed by atoms with Gasteiger partial charge in [0.15, 0.2) is 0 Å². The largest absolute Gasteiger partial charge is 0.378 e. The van der Waals surface area contributed by atoms with Crippen LogP contribution in [0.1, 0.15) is 5.56 Å². The van der Waals surface area contributed by atoms with Gasteiger partial charge >= 0.3 is 6.03 Å². The molecule has 0 bridgehead atoms. The Labute approximate surface area is 112 Å². The molecule has 0 spiro atoms. The molecule has 0 radical (unpaired) electrons. The van der Waals surface area contributed by atoms with Crippen molar-refractivity contribution in [2.45, 2.75) is 6.42 Å². The quantitative estimate of drug-likeness (QED) is 0.910. The third-order valence-corrected chi connectivity index (χ3v) is 3.30. The second-order valence-corrected chi connectivity index (χ2v) is 4.58. The summed E-state index contributed by atoms with van der Waals surface area (Å²) in [5.74, 6) is 0. The lowest BCUT2D eigenvalue weighted by atomic mass is 10.1. The standard InChI is InChI=1S/C13H17ClN2O2/c14-12-4-2-1-3-11(12)5-6-15-13(17)16-7-9-18-10-8-16/h1-4H,5-10H2,(H,15,17). The van der Waals surface area contributed by atoms with Crippen molar-refractivity contribution in [3.05, 3.63) is 34.9 Å². The Balaban J connectivity index is 1.75. The molecular weight excluding hydrogens is 252 g/mol. The molecule has 98 valence electrons. The van der Waals surface area contributed by atoms with Crippen LogP contribution in [0.4, 0.5) is 4.79 Å². The fourth-order valence-electron chi connectivity index (χ4n) is 1.88. The highest BCUT2D eigenvalue weighted by molar-refractivity contribution is 6.31. The van der Waals surface area contributed by atoms with Gasteiger partial charge in [0.1, 0.15) is 0 Å². The zero-order chi connectivity index (χ0) is 12.8. The van der Waals surface area contributed by atoms with Gasteiger partial charge in [-0.2, -0.15) is 0 Å². The van der Waals surface area contributed by atoms with E-state index in [0.717, 1.165) is 17.0 Å². The Morgan fingerprint density at radius 3 is 2.78 bits per heavy atom. The maximum atomic E-state index is 11.8. The molecule has 1 fully saturated rings. The molecule has 1 aromatic carbocycles. The zero-order valence-electron chi connectivity index (χ0n) is 10.2. The molecule has 1 aliphatic rings. The van der Waals surface area contributed by atoms with Gasteiger partial charge in [0.2, 0.25) is 0 Å². The van der Waals surface area contributed by atoms with Gasteiger partial charge in [-0.3, -0.25) is 0 Å². The summed E-state index contributed by atoms with van der Waals surface area (Å²) >= 11 is 6.05. The lowest BCUT2D eigenvalue weighted by Gasteiger charge is -2.26. The summed E-state index contributed by atoms with van der Waals surface area (Å²) < 4.78 is 5.20. The fourth-order valence-corrected chi connectivity index (χ4v) is 2.11. The lowest BCUT2D eigenvalue weighted by Crippen LogP contribution is -2.46. The van der Waals surface area contributed by atoms with Crippen molar-refractivity contribution in [3.8, 4) is 0 Å². The van der Waals surface area contributed by atoms with Crippen LogP contribution in [-0.4, -0.2) is 43.8 Å². The number of morpholine rings is 1. The molecule has 0 aromatic heterocycles. The molecule has 0 saturated carbocycles. The van der Waals surface area contributed by atoms with Crippen LogP contribution in [-0.2, 0) is 11.2 Å². The minimum Gasteiger partial charge on any atom is -0.378 e. The Kier molecular flexibility index (Phi) is 4.84. The first-order valence-electron chi connectivity index (χ1n) is 6.11. The zero-order valence-corrected chi connectivity index (χ0v) is 10.9. The smallest absolute Gasteiger partial charge is 0.317 e. The molecule has 5 heteroatoms.